The molecule has 0 aromatic carbocycles. The second kappa shape index (κ2) is 4.93. The number of aliphatic hydroxyl groups excluding tert-OH is 1. The molecule has 1 fully saturated rings. The van der Waals surface area contributed by atoms with Crippen molar-refractivity contribution in [1.29, 1.82) is 0 Å². The summed E-state index contributed by atoms with van der Waals surface area (Å²) >= 11 is 0. The fourth-order valence-electron chi connectivity index (χ4n) is 2.37. The average molecular weight is 224 g/mol. The summed E-state index contributed by atoms with van der Waals surface area (Å²) in [5.74, 6) is 2.42. The first-order valence-corrected chi connectivity index (χ1v) is 5.97. The minimum atomic E-state index is 0.0693. The van der Waals surface area contributed by atoms with Gasteiger partial charge in [-0.2, -0.15) is 0 Å². The lowest BCUT2D eigenvalue weighted by atomic mass is 9.97. The molecule has 1 aliphatic rings. The zero-order valence-corrected chi connectivity index (χ0v) is 9.98. The molecular formula is C11H20N4O. The van der Waals surface area contributed by atoms with E-state index in [1.54, 1.807) is 0 Å². The smallest absolute Gasteiger partial charge is 0.136 e. The molecule has 5 nitrogen and oxygen atoms in total. The van der Waals surface area contributed by atoms with E-state index in [9.17, 15) is 5.11 Å². The summed E-state index contributed by atoms with van der Waals surface area (Å²) in [6.07, 6.45) is 2.21. The van der Waals surface area contributed by atoms with Gasteiger partial charge >= 0.3 is 0 Å². The molecule has 1 saturated heterocycles. The van der Waals surface area contributed by atoms with Gasteiger partial charge in [0, 0.05) is 5.92 Å². The van der Waals surface area contributed by atoms with Gasteiger partial charge in [-0.25, -0.2) is 0 Å². The van der Waals surface area contributed by atoms with E-state index >= 15 is 0 Å². The quantitative estimate of drug-likeness (QED) is 0.789. The Morgan fingerprint density at radius 1 is 1.44 bits per heavy atom. The van der Waals surface area contributed by atoms with Gasteiger partial charge in [-0.1, -0.05) is 0 Å². The molecule has 1 atom stereocenters. The van der Waals surface area contributed by atoms with Crippen LogP contribution in [0.2, 0.25) is 0 Å². The molecule has 2 rings (SSSR count). The third-order valence-corrected chi connectivity index (χ3v) is 3.30. The van der Waals surface area contributed by atoms with Crippen LogP contribution in [-0.2, 0) is 0 Å². The van der Waals surface area contributed by atoms with Gasteiger partial charge in [-0.3, -0.25) is 0 Å². The lowest BCUT2D eigenvalue weighted by Gasteiger charge is -2.24. The molecule has 0 spiro atoms. The van der Waals surface area contributed by atoms with Crippen LogP contribution in [0.5, 0.6) is 0 Å². The van der Waals surface area contributed by atoms with Crippen LogP contribution < -0.4 is 5.32 Å². The standard InChI is InChI=1S/C11H20N4O/c1-8(7-16)15-9(2)13-14-11(15)10-3-5-12-6-4-10/h8,10,12,16H,3-7H2,1-2H3. The first kappa shape index (κ1) is 11.5. The lowest BCUT2D eigenvalue weighted by molar-refractivity contribution is 0.231. The zero-order valence-electron chi connectivity index (χ0n) is 9.98. The second-order valence-corrected chi connectivity index (χ2v) is 4.53. The first-order valence-electron chi connectivity index (χ1n) is 5.97. The monoisotopic (exact) mass is 224 g/mol. The number of hydrogen-bond donors (Lipinski definition) is 2. The van der Waals surface area contributed by atoms with Crippen LogP contribution in [0.25, 0.3) is 0 Å². The number of hydrogen-bond acceptors (Lipinski definition) is 4. The van der Waals surface area contributed by atoms with Crippen molar-refractivity contribution in [3.63, 3.8) is 0 Å². The third-order valence-electron chi connectivity index (χ3n) is 3.30. The molecule has 1 aromatic rings. The van der Waals surface area contributed by atoms with Crippen LogP contribution >= 0.6 is 0 Å². The van der Waals surface area contributed by atoms with Crippen LogP contribution in [0.3, 0.4) is 0 Å². The van der Waals surface area contributed by atoms with Crippen LogP contribution in [0.1, 0.15) is 43.4 Å². The Morgan fingerprint density at radius 2 is 2.12 bits per heavy atom. The fourth-order valence-corrected chi connectivity index (χ4v) is 2.37. The molecule has 1 unspecified atom stereocenters. The number of nitrogens with zero attached hydrogens (tertiary/aromatic N) is 3. The number of aliphatic hydroxyl groups is 1. The Hall–Kier alpha value is -0.940. The topological polar surface area (TPSA) is 63.0 Å². The van der Waals surface area contributed by atoms with Crippen LogP contribution in [0, 0.1) is 6.92 Å². The zero-order chi connectivity index (χ0) is 11.5. The van der Waals surface area contributed by atoms with Gasteiger partial charge < -0.3 is 15.0 Å². The molecule has 90 valence electrons. The van der Waals surface area contributed by atoms with E-state index in [0.717, 1.165) is 37.6 Å². The van der Waals surface area contributed by atoms with E-state index in [0.29, 0.717) is 5.92 Å². The summed E-state index contributed by atoms with van der Waals surface area (Å²) in [6, 6.07) is 0.0693. The number of aromatic nitrogens is 3. The highest BCUT2D eigenvalue weighted by Gasteiger charge is 2.23. The Bertz CT molecular complexity index is 344. The molecule has 1 aromatic heterocycles. The van der Waals surface area contributed by atoms with Gasteiger partial charge in [0.05, 0.1) is 12.6 Å². The Morgan fingerprint density at radius 3 is 2.75 bits per heavy atom. The minimum Gasteiger partial charge on any atom is -0.394 e. The van der Waals surface area contributed by atoms with E-state index in [2.05, 4.69) is 20.1 Å². The van der Waals surface area contributed by atoms with Crippen molar-refractivity contribution < 1.29 is 5.11 Å². The number of rotatable bonds is 3. The van der Waals surface area contributed by atoms with Gasteiger partial charge in [-0.15, -0.1) is 10.2 Å². The summed E-state index contributed by atoms with van der Waals surface area (Å²) in [5.41, 5.74) is 0. The van der Waals surface area contributed by atoms with E-state index in [-0.39, 0.29) is 12.6 Å². The highest BCUT2D eigenvalue weighted by Crippen LogP contribution is 2.26. The van der Waals surface area contributed by atoms with Crippen molar-refractivity contribution in [3.05, 3.63) is 11.6 Å². The number of nitrogens with one attached hydrogen (secondary N) is 1. The van der Waals surface area contributed by atoms with Crippen LogP contribution in [-0.4, -0.2) is 39.6 Å². The molecule has 0 aliphatic carbocycles. The molecule has 1 aliphatic heterocycles. The van der Waals surface area contributed by atoms with E-state index in [1.807, 2.05) is 13.8 Å². The van der Waals surface area contributed by atoms with Crippen molar-refractivity contribution in [3.8, 4) is 0 Å². The molecule has 0 amide bonds. The lowest BCUT2D eigenvalue weighted by Crippen LogP contribution is -2.29. The van der Waals surface area contributed by atoms with E-state index in [4.69, 9.17) is 0 Å². The SMILES string of the molecule is Cc1nnc(C2CCNCC2)n1C(C)CO. The Kier molecular flexibility index (Phi) is 3.56. The number of aryl methyl sites for hydroxylation is 1. The maximum Gasteiger partial charge on any atom is 0.136 e. The molecule has 0 radical (unpaired) electrons. The molecule has 2 heterocycles. The largest absolute Gasteiger partial charge is 0.394 e. The molecule has 0 saturated carbocycles. The average Bonchev–Trinajstić information content (AvgIpc) is 2.71. The van der Waals surface area contributed by atoms with Crippen molar-refractivity contribution in [2.45, 2.75) is 38.6 Å². The van der Waals surface area contributed by atoms with E-state index in [1.165, 1.54) is 0 Å². The van der Waals surface area contributed by atoms with Crippen molar-refractivity contribution >= 4 is 0 Å². The van der Waals surface area contributed by atoms with Gasteiger partial charge in [-0.05, 0) is 39.8 Å². The molecule has 2 N–H and O–H groups in total. The summed E-state index contributed by atoms with van der Waals surface area (Å²) in [5, 5.41) is 21.0. The summed E-state index contributed by atoms with van der Waals surface area (Å²) in [7, 11) is 0. The van der Waals surface area contributed by atoms with Gasteiger partial charge in [0.1, 0.15) is 11.6 Å². The van der Waals surface area contributed by atoms with Gasteiger partial charge in [0.25, 0.3) is 0 Å². The van der Waals surface area contributed by atoms with Crippen molar-refractivity contribution in [2.24, 2.45) is 0 Å². The first-order chi connectivity index (χ1) is 7.74. The minimum absolute atomic E-state index is 0.0693. The molecule has 16 heavy (non-hydrogen) atoms. The number of piperidine rings is 1. The van der Waals surface area contributed by atoms with Crippen LogP contribution in [0.15, 0.2) is 0 Å². The predicted molar refractivity (Wildman–Crippen MR) is 61.4 cm³/mol. The second-order valence-electron chi connectivity index (χ2n) is 4.53. The van der Waals surface area contributed by atoms with Gasteiger partial charge in [0.15, 0.2) is 0 Å². The maximum absolute atomic E-state index is 9.27. The maximum atomic E-state index is 9.27. The predicted octanol–water partition coefficient (Wildman–Crippen LogP) is 0.607. The van der Waals surface area contributed by atoms with Crippen molar-refractivity contribution in [2.75, 3.05) is 19.7 Å². The summed E-state index contributed by atoms with van der Waals surface area (Å²) in [6.45, 7) is 6.18. The highest BCUT2D eigenvalue weighted by molar-refractivity contribution is 5.04. The normalized spacial score (nSPS) is 19.9. The highest BCUT2D eigenvalue weighted by atomic mass is 16.3. The van der Waals surface area contributed by atoms with Crippen LogP contribution in [0.4, 0.5) is 0 Å². The third kappa shape index (κ3) is 2.10. The Balaban J connectivity index is 2.25. The Labute approximate surface area is 95.9 Å². The molecular weight excluding hydrogens is 204 g/mol. The summed E-state index contributed by atoms with van der Waals surface area (Å²) in [4.78, 5) is 0. The van der Waals surface area contributed by atoms with Gasteiger partial charge in [0.2, 0.25) is 0 Å². The molecule has 0 bridgehead atoms. The van der Waals surface area contributed by atoms with Crippen molar-refractivity contribution in [1.82, 2.24) is 20.1 Å². The fraction of sp³-hybridized carbons (Fsp3) is 0.818. The molecule has 5 heteroatoms. The van der Waals surface area contributed by atoms with E-state index < -0.39 is 0 Å². The summed E-state index contributed by atoms with van der Waals surface area (Å²) < 4.78 is 2.08.